The molecule has 116 valence electrons. The summed E-state index contributed by atoms with van der Waals surface area (Å²) in [6, 6.07) is 10.7. The SMILES string of the molecule is CCCOc1ccc(C(=O)Nc2cc(Cl)ccc2C)cc1Br. The minimum atomic E-state index is -0.187. The van der Waals surface area contributed by atoms with Gasteiger partial charge in [0.1, 0.15) is 5.75 Å². The van der Waals surface area contributed by atoms with Gasteiger partial charge in [0, 0.05) is 16.3 Å². The topological polar surface area (TPSA) is 38.3 Å². The summed E-state index contributed by atoms with van der Waals surface area (Å²) >= 11 is 9.40. The van der Waals surface area contributed by atoms with Crippen LogP contribution in [-0.2, 0) is 0 Å². The summed E-state index contributed by atoms with van der Waals surface area (Å²) in [4.78, 5) is 12.3. The van der Waals surface area contributed by atoms with Crippen molar-refractivity contribution >= 4 is 39.1 Å². The van der Waals surface area contributed by atoms with Crippen molar-refractivity contribution in [2.24, 2.45) is 0 Å². The van der Waals surface area contributed by atoms with Gasteiger partial charge in [-0.15, -0.1) is 0 Å². The van der Waals surface area contributed by atoms with E-state index in [0.29, 0.717) is 22.9 Å². The Hall–Kier alpha value is -1.52. The van der Waals surface area contributed by atoms with Gasteiger partial charge in [-0.05, 0) is 65.2 Å². The van der Waals surface area contributed by atoms with Crippen molar-refractivity contribution in [3.05, 3.63) is 57.0 Å². The normalized spacial score (nSPS) is 10.4. The molecule has 0 saturated heterocycles. The summed E-state index contributed by atoms with van der Waals surface area (Å²) in [6.07, 6.45) is 0.933. The Balaban J connectivity index is 2.16. The first-order valence-corrected chi connectivity index (χ1v) is 8.18. The van der Waals surface area contributed by atoms with Crippen LogP contribution >= 0.6 is 27.5 Å². The fourth-order valence-corrected chi connectivity index (χ4v) is 2.56. The lowest BCUT2D eigenvalue weighted by Gasteiger charge is -2.11. The Bertz CT molecular complexity index is 688. The van der Waals surface area contributed by atoms with Gasteiger partial charge in [0.25, 0.3) is 5.91 Å². The third kappa shape index (κ3) is 4.24. The van der Waals surface area contributed by atoms with Crippen LogP contribution in [0.3, 0.4) is 0 Å². The molecule has 0 unspecified atom stereocenters. The largest absolute Gasteiger partial charge is 0.492 e. The zero-order chi connectivity index (χ0) is 16.1. The van der Waals surface area contributed by atoms with Gasteiger partial charge in [-0.2, -0.15) is 0 Å². The van der Waals surface area contributed by atoms with Gasteiger partial charge in [0.2, 0.25) is 0 Å². The van der Waals surface area contributed by atoms with E-state index in [2.05, 4.69) is 21.2 Å². The fourth-order valence-electron chi connectivity index (χ4n) is 1.89. The molecule has 5 heteroatoms. The molecule has 0 bridgehead atoms. The van der Waals surface area contributed by atoms with Crippen molar-refractivity contribution in [3.8, 4) is 5.75 Å². The second kappa shape index (κ2) is 7.65. The standard InChI is InChI=1S/C17H17BrClNO2/c1-3-8-22-16-7-5-12(9-14(16)18)17(21)20-15-10-13(19)6-4-11(15)2/h4-7,9-10H,3,8H2,1-2H3,(H,20,21). The minimum absolute atomic E-state index is 0.187. The molecule has 2 rings (SSSR count). The molecular weight excluding hydrogens is 366 g/mol. The first-order chi connectivity index (χ1) is 10.5. The maximum absolute atomic E-state index is 12.3. The summed E-state index contributed by atoms with van der Waals surface area (Å²) in [5.41, 5.74) is 2.22. The van der Waals surface area contributed by atoms with Gasteiger partial charge in [0.15, 0.2) is 0 Å². The number of benzene rings is 2. The molecule has 0 heterocycles. The number of amides is 1. The number of aryl methyl sites for hydroxylation is 1. The summed E-state index contributed by atoms with van der Waals surface area (Å²) in [5, 5.41) is 3.46. The molecule has 0 radical (unpaired) electrons. The number of hydrogen-bond acceptors (Lipinski definition) is 2. The molecule has 0 spiro atoms. The lowest BCUT2D eigenvalue weighted by Crippen LogP contribution is -2.13. The third-order valence-electron chi connectivity index (χ3n) is 3.10. The summed E-state index contributed by atoms with van der Waals surface area (Å²) < 4.78 is 6.34. The van der Waals surface area contributed by atoms with Crippen LogP contribution in [-0.4, -0.2) is 12.5 Å². The second-order valence-corrected chi connectivity index (χ2v) is 6.20. The van der Waals surface area contributed by atoms with Gasteiger partial charge in [-0.25, -0.2) is 0 Å². The van der Waals surface area contributed by atoms with Gasteiger partial charge < -0.3 is 10.1 Å². The van der Waals surface area contributed by atoms with Gasteiger partial charge >= 0.3 is 0 Å². The molecule has 0 aliphatic carbocycles. The van der Waals surface area contributed by atoms with E-state index in [-0.39, 0.29) is 5.91 Å². The Morgan fingerprint density at radius 2 is 2.05 bits per heavy atom. The van der Waals surface area contributed by atoms with E-state index in [4.69, 9.17) is 16.3 Å². The zero-order valence-corrected chi connectivity index (χ0v) is 14.8. The van der Waals surface area contributed by atoms with Crippen LogP contribution in [0.1, 0.15) is 29.3 Å². The molecule has 2 aromatic rings. The molecule has 0 fully saturated rings. The highest BCUT2D eigenvalue weighted by atomic mass is 79.9. The van der Waals surface area contributed by atoms with Crippen LogP contribution < -0.4 is 10.1 Å². The Morgan fingerprint density at radius 3 is 2.73 bits per heavy atom. The molecule has 22 heavy (non-hydrogen) atoms. The van der Waals surface area contributed by atoms with Crippen molar-refractivity contribution in [2.75, 3.05) is 11.9 Å². The lowest BCUT2D eigenvalue weighted by atomic mass is 10.1. The van der Waals surface area contributed by atoms with Crippen LogP contribution in [0.5, 0.6) is 5.75 Å². The molecule has 1 amide bonds. The van der Waals surface area contributed by atoms with Crippen molar-refractivity contribution in [3.63, 3.8) is 0 Å². The highest BCUT2D eigenvalue weighted by Gasteiger charge is 2.11. The Morgan fingerprint density at radius 1 is 1.27 bits per heavy atom. The second-order valence-electron chi connectivity index (χ2n) is 4.91. The number of rotatable bonds is 5. The van der Waals surface area contributed by atoms with E-state index in [9.17, 15) is 4.79 Å². The maximum Gasteiger partial charge on any atom is 0.255 e. The van der Waals surface area contributed by atoms with Crippen LogP contribution in [0.15, 0.2) is 40.9 Å². The first-order valence-electron chi connectivity index (χ1n) is 7.01. The van der Waals surface area contributed by atoms with E-state index in [1.807, 2.05) is 19.9 Å². The monoisotopic (exact) mass is 381 g/mol. The summed E-state index contributed by atoms with van der Waals surface area (Å²) in [6.45, 7) is 4.61. The van der Waals surface area contributed by atoms with E-state index < -0.39 is 0 Å². The van der Waals surface area contributed by atoms with Gasteiger partial charge in [0.05, 0.1) is 11.1 Å². The highest BCUT2D eigenvalue weighted by Crippen LogP contribution is 2.27. The van der Waals surface area contributed by atoms with Crippen LogP contribution in [0, 0.1) is 6.92 Å². The average molecular weight is 383 g/mol. The van der Waals surface area contributed by atoms with Crippen molar-refractivity contribution in [2.45, 2.75) is 20.3 Å². The fraction of sp³-hybridized carbons (Fsp3) is 0.235. The van der Waals surface area contributed by atoms with E-state index >= 15 is 0 Å². The van der Waals surface area contributed by atoms with E-state index in [0.717, 1.165) is 22.2 Å². The lowest BCUT2D eigenvalue weighted by molar-refractivity contribution is 0.102. The minimum Gasteiger partial charge on any atom is -0.492 e. The molecule has 0 saturated carbocycles. The van der Waals surface area contributed by atoms with Gasteiger partial charge in [-0.3, -0.25) is 4.79 Å². The molecular formula is C17H17BrClNO2. The van der Waals surface area contributed by atoms with Crippen molar-refractivity contribution in [1.82, 2.24) is 0 Å². The number of halogens is 2. The molecule has 1 N–H and O–H groups in total. The maximum atomic E-state index is 12.3. The Labute approximate surface area is 143 Å². The van der Waals surface area contributed by atoms with Crippen LogP contribution in [0.25, 0.3) is 0 Å². The molecule has 3 nitrogen and oxygen atoms in total. The van der Waals surface area contributed by atoms with Crippen LogP contribution in [0.2, 0.25) is 5.02 Å². The zero-order valence-electron chi connectivity index (χ0n) is 12.5. The summed E-state index contributed by atoms with van der Waals surface area (Å²) in [5.74, 6) is 0.547. The molecule has 0 aliphatic heterocycles. The molecule has 0 aliphatic rings. The number of hydrogen-bond donors (Lipinski definition) is 1. The smallest absolute Gasteiger partial charge is 0.255 e. The van der Waals surface area contributed by atoms with Crippen molar-refractivity contribution < 1.29 is 9.53 Å². The van der Waals surface area contributed by atoms with E-state index in [1.54, 1.807) is 30.3 Å². The van der Waals surface area contributed by atoms with Crippen LogP contribution in [0.4, 0.5) is 5.69 Å². The predicted octanol–water partition coefficient (Wildman–Crippen LogP) is 5.45. The molecule has 2 aromatic carbocycles. The number of nitrogens with one attached hydrogen (secondary N) is 1. The average Bonchev–Trinajstić information content (AvgIpc) is 2.49. The molecule has 0 atom stereocenters. The number of carbonyl (C=O) groups is 1. The number of anilines is 1. The molecule has 0 aromatic heterocycles. The predicted molar refractivity (Wildman–Crippen MR) is 94.1 cm³/mol. The summed E-state index contributed by atoms with van der Waals surface area (Å²) in [7, 11) is 0. The van der Waals surface area contributed by atoms with E-state index in [1.165, 1.54) is 0 Å². The number of ether oxygens (including phenoxy) is 1. The quantitative estimate of drug-likeness (QED) is 0.746. The van der Waals surface area contributed by atoms with Crippen molar-refractivity contribution in [1.29, 1.82) is 0 Å². The van der Waals surface area contributed by atoms with Gasteiger partial charge in [-0.1, -0.05) is 24.6 Å². The third-order valence-corrected chi connectivity index (χ3v) is 3.96. The first kappa shape index (κ1) is 16.8. The highest BCUT2D eigenvalue weighted by molar-refractivity contribution is 9.10. The number of carbonyl (C=O) groups excluding carboxylic acids is 1. The Kier molecular flexibility index (Phi) is 5.86.